The van der Waals surface area contributed by atoms with Gasteiger partial charge in [-0.15, -0.1) is 0 Å². The van der Waals surface area contributed by atoms with Crippen molar-refractivity contribution in [1.82, 2.24) is 10.2 Å². The van der Waals surface area contributed by atoms with E-state index in [9.17, 15) is 9.59 Å². The third-order valence-corrected chi connectivity index (χ3v) is 4.74. The molecule has 0 aromatic rings. The Labute approximate surface area is 182 Å². The molecule has 1 amide bonds. The molecule has 0 heterocycles. The highest BCUT2D eigenvalue weighted by Crippen LogP contribution is 2.11. The van der Waals surface area contributed by atoms with Gasteiger partial charge < -0.3 is 25.7 Å². The van der Waals surface area contributed by atoms with Crippen molar-refractivity contribution in [3.8, 4) is 0 Å². The Hall–Kier alpha value is -1.22. The Morgan fingerprint density at radius 3 is 1.40 bits per heavy atom. The predicted octanol–water partition coefficient (Wildman–Crippen LogP) is 3.19. The van der Waals surface area contributed by atoms with Crippen LogP contribution in [0.15, 0.2) is 0 Å². The lowest BCUT2D eigenvalue weighted by Gasteiger charge is -2.30. The Balaban J connectivity index is 0. The van der Waals surface area contributed by atoms with E-state index >= 15 is 0 Å². The van der Waals surface area contributed by atoms with Gasteiger partial charge in [0.05, 0.1) is 0 Å². The van der Waals surface area contributed by atoms with Crippen molar-refractivity contribution in [2.75, 3.05) is 6.54 Å². The Kier molecular flexibility index (Phi) is 21.7. The quantitative estimate of drug-likeness (QED) is 0.175. The minimum atomic E-state index is -0.989. The molecule has 5 N–H and O–H groups in total. The van der Waals surface area contributed by atoms with Crippen LogP contribution in [0.5, 0.6) is 0 Å². The van der Waals surface area contributed by atoms with Crippen molar-refractivity contribution in [2.45, 2.75) is 123 Å². The van der Waals surface area contributed by atoms with Gasteiger partial charge in [-0.05, 0) is 27.2 Å². The van der Waals surface area contributed by atoms with Gasteiger partial charge in [0.15, 0.2) is 0 Å². The predicted molar refractivity (Wildman–Crippen MR) is 119 cm³/mol. The first kappa shape index (κ1) is 31.0. The number of rotatable bonds is 17. The number of hydrogen-bond acceptors (Lipinski definition) is 6. The number of nitrogens with one attached hydrogen (secondary N) is 1. The average Bonchev–Trinajstić information content (AvgIpc) is 2.64. The molecular weight excluding hydrogens is 388 g/mol. The summed E-state index contributed by atoms with van der Waals surface area (Å²) in [4.78, 5) is 22.6. The lowest BCUT2D eigenvalue weighted by Crippen LogP contribution is -2.45. The van der Waals surface area contributed by atoms with Gasteiger partial charge in [0, 0.05) is 6.42 Å². The highest BCUT2D eigenvalue weighted by atomic mass is 16.4. The molecule has 8 heteroatoms. The third kappa shape index (κ3) is 21.5. The summed E-state index contributed by atoms with van der Waals surface area (Å²) in [6.07, 6.45) is 11.7. The molecule has 180 valence electrons. The van der Waals surface area contributed by atoms with E-state index in [-0.39, 0.29) is 12.5 Å². The molecule has 3 atom stereocenters. The van der Waals surface area contributed by atoms with E-state index < -0.39 is 24.7 Å². The number of amides is 1. The summed E-state index contributed by atoms with van der Waals surface area (Å²) < 4.78 is 0. The molecule has 0 aliphatic carbocycles. The largest absolute Gasteiger partial charge is 0.480 e. The monoisotopic (exact) mass is 434 g/mol. The maximum absolute atomic E-state index is 11.2. The van der Waals surface area contributed by atoms with E-state index in [0.29, 0.717) is 6.42 Å². The highest BCUT2D eigenvalue weighted by Gasteiger charge is 2.20. The molecule has 30 heavy (non-hydrogen) atoms. The number of aliphatic hydroxyl groups is 3. The van der Waals surface area contributed by atoms with Gasteiger partial charge in [-0.1, -0.05) is 71.1 Å². The zero-order chi connectivity index (χ0) is 23.4. The standard InChI is InChI=1S/C16H31NO3.C6H15NO3/c1-2-3-4-5-6-7-8-9-10-11-12-13-15(18)17-14-16(19)20;1-4(8)7(5(2)9)6(3)10/h2-14H2,1H3,(H,17,18)(H,19,20);4-6,8-10H,1-3H3. The molecule has 0 bridgehead atoms. The summed E-state index contributed by atoms with van der Waals surface area (Å²) in [5.74, 6) is -1.14. The smallest absolute Gasteiger partial charge is 0.322 e. The van der Waals surface area contributed by atoms with Crippen LogP contribution in [0.4, 0.5) is 0 Å². The van der Waals surface area contributed by atoms with Crippen LogP contribution in [0, 0.1) is 0 Å². The Morgan fingerprint density at radius 1 is 0.733 bits per heavy atom. The molecule has 0 saturated heterocycles. The zero-order valence-electron chi connectivity index (χ0n) is 19.5. The van der Waals surface area contributed by atoms with Gasteiger partial charge in [-0.2, -0.15) is 0 Å². The summed E-state index contributed by atoms with van der Waals surface area (Å²) >= 11 is 0. The molecule has 8 nitrogen and oxygen atoms in total. The number of hydrogen-bond donors (Lipinski definition) is 5. The zero-order valence-corrected chi connectivity index (χ0v) is 19.5. The van der Waals surface area contributed by atoms with Gasteiger partial charge in [0.1, 0.15) is 25.2 Å². The topological polar surface area (TPSA) is 130 Å². The van der Waals surface area contributed by atoms with Gasteiger partial charge >= 0.3 is 5.97 Å². The molecule has 0 aromatic heterocycles. The molecule has 0 radical (unpaired) electrons. The van der Waals surface area contributed by atoms with E-state index in [1.807, 2.05) is 0 Å². The van der Waals surface area contributed by atoms with Crippen LogP contribution in [0.25, 0.3) is 0 Å². The minimum Gasteiger partial charge on any atom is -0.480 e. The molecule has 3 unspecified atom stereocenters. The maximum atomic E-state index is 11.2. The fourth-order valence-corrected chi connectivity index (χ4v) is 3.15. The molecular formula is C22H46N2O6. The maximum Gasteiger partial charge on any atom is 0.322 e. The van der Waals surface area contributed by atoms with E-state index in [4.69, 9.17) is 20.4 Å². The first-order valence-electron chi connectivity index (χ1n) is 11.4. The van der Waals surface area contributed by atoms with E-state index in [1.54, 1.807) is 0 Å². The molecule has 0 aliphatic heterocycles. The van der Waals surface area contributed by atoms with Crippen molar-refractivity contribution in [3.63, 3.8) is 0 Å². The second kappa shape index (κ2) is 21.0. The average molecular weight is 435 g/mol. The van der Waals surface area contributed by atoms with Crippen LogP contribution in [0.1, 0.15) is 105 Å². The Bertz CT molecular complexity index is 397. The van der Waals surface area contributed by atoms with Gasteiger partial charge in [-0.3, -0.25) is 9.59 Å². The number of nitrogens with zero attached hydrogens (tertiary/aromatic N) is 1. The first-order valence-corrected chi connectivity index (χ1v) is 11.4. The summed E-state index contributed by atoms with van der Waals surface area (Å²) in [6, 6.07) is 0. The van der Waals surface area contributed by atoms with Crippen LogP contribution in [0.2, 0.25) is 0 Å². The van der Waals surface area contributed by atoms with Crippen molar-refractivity contribution in [3.05, 3.63) is 0 Å². The van der Waals surface area contributed by atoms with Gasteiger partial charge in [-0.25, -0.2) is 4.90 Å². The number of aliphatic hydroxyl groups excluding tert-OH is 3. The molecule has 0 aliphatic rings. The summed E-state index contributed by atoms with van der Waals surface area (Å²) in [7, 11) is 0. The lowest BCUT2D eigenvalue weighted by atomic mass is 10.1. The second-order valence-corrected chi connectivity index (χ2v) is 7.80. The van der Waals surface area contributed by atoms with Crippen LogP contribution in [0.3, 0.4) is 0 Å². The minimum absolute atomic E-state index is 0.150. The van der Waals surface area contributed by atoms with Crippen LogP contribution in [-0.4, -0.2) is 62.4 Å². The molecule has 0 saturated carbocycles. The fourth-order valence-electron chi connectivity index (χ4n) is 3.15. The number of unbranched alkanes of at least 4 members (excludes halogenated alkanes) is 10. The van der Waals surface area contributed by atoms with Crippen LogP contribution in [-0.2, 0) is 9.59 Å². The SMILES string of the molecule is CC(O)N(C(C)O)C(C)O.CCCCCCCCCCCCCC(=O)NCC(=O)O. The summed E-state index contributed by atoms with van der Waals surface area (Å²) in [5.41, 5.74) is 0. The van der Waals surface area contributed by atoms with Crippen molar-refractivity contribution < 1.29 is 30.0 Å². The highest BCUT2D eigenvalue weighted by molar-refractivity contribution is 5.80. The summed E-state index contributed by atoms with van der Waals surface area (Å²) in [6.45, 7) is 6.43. The normalized spacial score (nSPS) is 13.9. The number of carboxylic acids is 1. The number of aliphatic carboxylic acids is 1. The fraction of sp³-hybridized carbons (Fsp3) is 0.909. The molecule has 0 spiro atoms. The van der Waals surface area contributed by atoms with E-state index in [1.165, 1.54) is 83.5 Å². The number of carbonyl (C=O) groups excluding carboxylic acids is 1. The molecule has 0 fully saturated rings. The summed E-state index contributed by atoms with van der Waals surface area (Å²) in [5, 5.41) is 37.7. The second-order valence-electron chi connectivity index (χ2n) is 7.80. The third-order valence-electron chi connectivity index (χ3n) is 4.74. The molecule has 0 rings (SSSR count). The van der Waals surface area contributed by atoms with Gasteiger partial charge in [0.25, 0.3) is 0 Å². The molecule has 0 aromatic carbocycles. The van der Waals surface area contributed by atoms with Crippen LogP contribution >= 0.6 is 0 Å². The lowest BCUT2D eigenvalue weighted by molar-refractivity contribution is -0.159. The Morgan fingerprint density at radius 2 is 1.10 bits per heavy atom. The number of carboxylic acid groups (broad SMARTS) is 1. The van der Waals surface area contributed by atoms with Crippen LogP contribution < -0.4 is 5.32 Å². The van der Waals surface area contributed by atoms with Crippen molar-refractivity contribution >= 4 is 11.9 Å². The van der Waals surface area contributed by atoms with Crippen molar-refractivity contribution in [2.24, 2.45) is 0 Å². The van der Waals surface area contributed by atoms with Crippen molar-refractivity contribution in [1.29, 1.82) is 0 Å². The van der Waals surface area contributed by atoms with E-state index in [2.05, 4.69) is 12.2 Å². The number of carbonyl (C=O) groups is 2. The first-order chi connectivity index (χ1) is 14.1. The van der Waals surface area contributed by atoms with E-state index in [0.717, 1.165) is 12.8 Å². The van der Waals surface area contributed by atoms with Gasteiger partial charge in [0.2, 0.25) is 5.91 Å².